The molecule has 0 fully saturated rings. The summed E-state index contributed by atoms with van der Waals surface area (Å²) in [4.78, 5) is 1.26. The number of methoxy groups -OCH3 is 1. The molecule has 1 aromatic carbocycles. The van der Waals surface area contributed by atoms with Crippen molar-refractivity contribution in [2.45, 2.75) is 11.3 Å². The van der Waals surface area contributed by atoms with Gasteiger partial charge in [-0.25, -0.2) is 0 Å². The molecule has 1 rings (SSSR count). The lowest BCUT2D eigenvalue weighted by Crippen LogP contribution is -2.21. The van der Waals surface area contributed by atoms with Gasteiger partial charge in [0.1, 0.15) is 5.75 Å². The van der Waals surface area contributed by atoms with Crippen molar-refractivity contribution >= 4 is 11.8 Å². The van der Waals surface area contributed by atoms with Crippen molar-refractivity contribution in [2.75, 3.05) is 39.7 Å². The summed E-state index contributed by atoms with van der Waals surface area (Å²) < 4.78 is 10.6. The Morgan fingerprint density at radius 1 is 1.12 bits per heavy atom. The zero-order valence-electron chi connectivity index (χ0n) is 10.6. The molecule has 17 heavy (non-hydrogen) atoms. The number of hydrogen-bond donors (Lipinski definition) is 1. The molecule has 1 N–H and O–H groups in total. The second-order valence-corrected chi connectivity index (χ2v) is 4.50. The average Bonchev–Trinajstić information content (AvgIpc) is 2.38. The quantitative estimate of drug-likeness (QED) is 0.542. The van der Waals surface area contributed by atoms with Crippen LogP contribution in [0.15, 0.2) is 29.2 Å². The van der Waals surface area contributed by atoms with Gasteiger partial charge in [0.2, 0.25) is 0 Å². The summed E-state index contributed by atoms with van der Waals surface area (Å²) in [7, 11) is 1.71. The SMILES string of the molecule is COCCNCCCOc1ccc(SC)cc1. The molecule has 0 bridgehead atoms. The molecule has 0 radical (unpaired) electrons. The van der Waals surface area contributed by atoms with Gasteiger partial charge in [-0.3, -0.25) is 0 Å². The molecule has 0 saturated heterocycles. The van der Waals surface area contributed by atoms with E-state index in [1.807, 2.05) is 12.1 Å². The minimum absolute atomic E-state index is 0.749. The van der Waals surface area contributed by atoms with Crippen LogP contribution in [0.25, 0.3) is 0 Å². The zero-order chi connectivity index (χ0) is 12.3. The van der Waals surface area contributed by atoms with E-state index in [0.29, 0.717) is 0 Å². The number of rotatable bonds is 9. The lowest BCUT2D eigenvalue weighted by atomic mass is 10.3. The van der Waals surface area contributed by atoms with Crippen LogP contribution in [0.1, 0.15) is 6.42 Å². The highest BCUT2D eigenvalue weighted by atomic mass is 32.2. The van der Waals surface area contributed by atoms with Gasteiger partial charge in [-0.15, -0.1) is 11.8 Å². The first kappa shape index (κ1) is 14.4. The summed E-state index contributed by atoms with van der Waals surface area (Å²) in [5, 5.41) is 3.28. The molecule has 1 aromatic rings. The second-order valence-electron chi connectivity index (χ2n) is 3.62. The minimum atomic E-state index is 0.749. The van der Waals surface area contributed by atoms with E-state index in [9.17, 15) is 0 Å². The van der Waals surface area contributed by atoms with E-state index in [2.05, 4.69) is 23.7 Å². The largest absolute Gasteiger partial charge is 0.494 e. The number of nitrogens with one attached hydrogen (secondary N) is 1. The van der Waals surface area contributed by atoms with Crippen molar-refractivity contribution in [3.63, 3.8) is 0 Å². The molecule has 4 heteroatoms. The molecule has 0 aliphatic rings. The normalized spacial score (nSPS) is 10.5. The number of thioether (sulfide) groups is 1. The van der Waals surface area contributed by atoms with Crippen molar-refractivity contribution in [1.29, 1.82) is 0 Å². The Morgan fingerprint density at radius 2 is 1.88 bits per heavy atom. The summed E-state index contributed by atoms with van der Waals surface area (Å²) in [5.41, 5.74) is 0. The van der Waals surface area contributed by atoms with Crippen molar-refractivity contribution in [2.24, 2.45) is 0 Å². The van der Waals surface area contributed by atoms with Crippen LogP contribution < -0.4 is 10.1 Å². The van der Waals surface area contributed by atoms with Crippen LogP contribution in [0.3, 0.4) is 0 Å². The Bertz CT molecular complexity index is 290. The summed E-state index contributed by atoms with van der Waals surface area (Å²) >= 11 is 1.74. The Hall–Kier alpha value is -0.710. The molecule has 0 atom stereocenters. The number of ether oxygens (including phenoxy) is 2. The second kappa shape index (κ2) is 9.33. The van der Waals surface area contributed by atoms with Gasteiger partial charge in [0, 0.05) is 18.6 Å². The maximum absolute atomic E-state index is 5.63. The molecule has 0 aliphatic carbocycles. The summed E-state index contributed by atoms with van der Waals surface area (Å²) in [6, 6.07) is 8.20. The summed E-state index contributed by atoms with van der Waals surface area (Å²) in [6.45, 7) is 3.38. The maximum atomic E-state index is 5.63. The smallest absolute Gasteiger partial charge is 0.119 e. The highest BCUT2D eigenvalue weighted by Crippen LogP contribution is 2.18. The van der Waals surface area contributed by atoms with Crippen LogP contribution in [0.4, 0.5) is 0 Å². The topological polar surface area (TPSA) is 30.5 Å². The van der Waals surface area contributed by atoms with Crippen LogP contribution in [0.5, 0.6) is 5.75 Å². The molecule has 0 spiro atoms. The Labute approximate surface area is 108 Å². The lowest BCUT2D eigenvalue weighted by Gasteiger charge is -2.07. The molecule has 0 aliphatic heterocycles. The molecular formula is C13H21NO2S. The number of hydrogen-bond acceptors (Lipinski definition) is 4. The van der Waals surface area contributed by atoms with Gasteiger partial charge < -0.3 is 14.8 Å². The highest BCUT2D eigenvalue weighted by Gasteiger charge is 1.94. The van der Waals surface area contributed by atoms with E-state index in [0.717, 1.165) is 38.5 Å². The predicted octanol–water partition coefficient (Wildman–Crippen LogP) is 2.41. The van der Waals surface area contributed by atoms with Gasteiger partial charge in [-0.05, 0) is 43.5 Å². The highest BCUT2D eigenvalue weighted by molar-refractivity contribution is 7.98. The third-order valence-corrected chi connectivity index (χ3v) is 3.05. The zero-order valence-corrected chi connectivity index (χ0v) is 11.4. The van der Waals surface area contributed by atoms with Crippen molar-refractivity contribution in [3.8, 4) is 5.75 Å². The Morgan fingerprint density at radius 3 is 2.53 bits per heavy atom. The first-order chi connectivity index (χ1) is 8.36. The molecule has 96 valence electrons. The Balaban J connectivity index is 2.05. The molecular weight excluding hydrogens is 234 g/mol. The van der Waals surface area contributed by atoms with Gasteiger partial charge >= 0.3 is 0 Å². The number of benzene rings is 1. The van der Waals surface area contributed by atoms with E-state index in [4.69, 9.17) is 9.47 Å². The standard InChI is InChI=1S/C13H21NO2S/c1-15-11-9-14-8-3-10-16-12-4-6-13(17-2)7-5-12/h4-7,14H,3,8-11H2,1-2H3. The van der Waals surface area contributed by atoms with Crippen molar-refractivity contribution in [1.82, 2.24) is 5.32 Å². The minimum Gasteiger partial charge on any atom is -0.494 e. The van der Waals surface area contributed by atoms with Crippen molar-refractivity contribution in [3.05, 3.63) is 24.3 Å². The van der Waals surface area contributed by atoms with Crippen molar-refractivity contribution < 1.29 is 9.47 Å². The Kier molecular flexibility index (Phi) is 7.88. The van der Waals surface area contributed by atoms with Gasteiger partial charge in [0.05, 0.1) is 13.2 Å². The van der Waals surface area contributed by atoms with Crippen LogP contribution in [0.2, 0.25) is 0 Å². The monoisotopic (exact) mass is 255 g/mol. The first-order valence-corrected chi connectivity index (χ1v) is 7.06. The molecule has 0 heterocycles. The average molecular weight is 255 g/mol. The van der Waals surface area contributed by atoms with E-state index < -0.39 is 0 Å². The molecule has 3 nitrogen and oxygen atoms in total. The van der Waals surface area contributed by atoms with Crippen LogP contribution in [-0.2, 0) is 4.74 Å². The molecule has 0 unspecified atom stereocenters. The fraction of sp³-hybridized carbons (Fsp3) is 0.538. The third-order valence-electron chi connectivity index (χ3n) is 2.31. The fourth-order valence-corrected chi connectivity index (χ4v) is 1.77. The first-order valence-electron chi connectivity index (χ1n) is 5.83. The van der Waals surface area contributed by atoms with Gasteiger partial charge in [-0.2, -0.15) is 0 Å². The van der Waals surface area contributed by atoms with E-state index >= 15 is 0 Å². The maximum Gasteiger partial charge on any atom is 0.119 e. The van der Waals surface area contributed by atoms with Crippen LogP contribution in [-0.4, -0.2) is 39.7 Å². The van der Waals surface area contributed by atoms with E-state index in [1.54, 1.807) is 18.9 Å². The molecule has 0 aromatic heterocycles. The fourth-order valence-electron chi connectivity index (χ4n) is 1.36. The van der Waals surface area contributed by atoms with Crippen LogP contribution >= 0.6 is 11.8 Å². The molecule has 0 amide bonds. The van der Waals surface area contributed by atoms with Crippen LogP contribution in [0, 0.1) is 0 Å². The summed E-state index contributed by atoms with van der Waals surface area (Å²) in [5.74, 6) is 0.944. The van der Waals surface area contributed by atoms with Gasteiger partial charge in [0.25, 0.3) is 0 Å². The van der Waals surface area contributed by atoms with E-state index in [-0.39, 0.29) is 0 Å². The predicted molar refractivity (Wildman–Crippen MR) is 73.1 cm³/mol. The van der Waals surface area contributed by atoms with Gasteiger partial charge in [-0.1, -0.05) is 0 Å². The summed E-state index contributed by atoms with van der Waals surface area (Å²) in [6.07, 6.45) is 3.08. The third kappa shape index (κ3) is 6.56. The van der Waals surface area contributed by atoms with Gasteiger partial charge in [0.15, 0.2) is 0 Å². The molecule has 0 saturated carbocycles. The van der Waals surface area contributed by atoms with E-state index in [1.165, 1.54) is 4.90 Å². The lowest BCUT2D eigenvalue weighted by molar-refractivity contribution is 0.198.